The third-order valence-corrected chi connectivity index (χ3v) is 4.84. The highest BCUT2D eigenvalue weighted by Gasteiger charge is 2.48. The molecule has 0 amide bonds. The van der Waals surface area contributed by atoms with Crippen LogP contribution in [0.15, 0.2) is 59.6 Å². The second-order valence-corrected chi connectivity index (χ2v) is 6.95. The second-order valence-electron chi connectivity index (χ2n) is 6.95. The monoisotopic (exact) mass is 291 g/mol. The van der Waals surface area contributed by atoms with E-state index in [1.807, 2.05) is 0 Å². The molecule has 22 heavy (non-hydrogen) atoms. The molecule has 2 aromatic carbocycles. The number of benzene rings is 2. The van der Waals surface area contributed by atoms with Crippen molar-refractivity contribution in [1.82, 2.24) is 0 Å². The van der Waals surface area contributed by atoms with Gasteiger partial charge in [-0.1, -0.05) is 54.6 Å². The zero-order valence-electron chi connectivity index (χ0n) is 13.2. The molecule has 0 radical (unpaired) electrons. The molecule has 0 bridgehead atoms. The van der Waals surface area contributed by atoms with Gasteiger partial charge in [0.05, 0.1) is 11.0 Å². The molecule has 1 heterocycles. The van der Waals surface area contributed by atoms with Crippen molar-refractivity contribution < 1.29 is 4.74 Å². The fraction of sp³-hybridized carbons (Fsp3) is 0.350. The van der Waals surface area contributed by atoms with Crippen LogP contribution < -0.4 is 0 Å². The van der Waals surface area contributed by atoms with Crippen LogP contribution in [0.4, 0.5) is 0 Å². The summed E-state index contributed by atoms with van der Waals surface area (Å²) in [5.74, 6) is 0.897. The number of rotatable bonds is 2. The normalized spacial score (nSPS) is 25.5. The maximum Gasteiger partial charge on any atom is 0.199 e. The first kappa shape index (κ1) is 13.6. The van der Waals surface area contributed by atoms with E-state index in [1.54, 1.807) is 0 Å². The van der Waals surface area contributed by atoms with Crippen LogP contribution in [0.2, 0.25) is 0 Å². The summed E-state index contributed by atoms with van der Waals surface area (Å²) < 4.78 is 6.12. The Balaban J connectivity index is 1.96. The molecule has 4 rings (SSSR count). The summed E-state index contributed by atoms with van der Waals surface area (Å²) >= 11 is 0. The number of ether oxygens (including phenoxy) is 1. The van der Waals surface area contributed by atoms with Crippen molar-refractivity contribution in [2.24, 2.45) is 4.99 Å². The molecule has 0 fully saturated rings. The molecule has 0 spiro atoms. The maximum atomic E-state index is 6.12. The predicted molar refractivity (Wildman–Crippen MR) is 89.5 cm³/mol. The van der Waals surface area contributed by atoms with Crippen molar-refractivity contribution in [2.45, 2.75) is 37.6 Å². The first-order valence-electron chi connectivity index (χ1n) is 7.99. The Kier molecular flexibility index (Phi) is 2.90. The van der Waals surface area contributed by atoms with Crippen molar-refractivity contribution in [3.05, 3.63) is 71.3 Å². The standard InChI is InChI=1S/C20H21NO/c1-19(2)14-22-18(21-19)20(16-9-4-3-5-10-16)13-12-15-8-6-7-11-17(15)20/h3-11H,12-14H2,1-2H3. The van der Waals surface area contributed by atoms with Crippen LogP contribution in [-0.4, -0.2) is 18.0 Å². The molecule has 0 saturated heterocycles. The molecule has 2 aliphatic rings. The van der Waals surface area contributed by atoms with Gasteiger partial charge in [0.15, 0.2) is 5.90 Å². The van der Waals surface area contributed by atoms with Crippen molar-refractivity contribution in [3.63, 3.8) is 0 Å². The van der Waals surface area contributed by atoms with E-state index in [2.05, 4.69) is 68.4 Å². The predicted octanol–water partition coefficient (Wildman–Crippen LogP) is 4.13. The lowest BCUT2D eigenvalue weighted by molar-refractivity contribution is 0.263. The molecule has 2 nitrogen and oxygen atoms in total. The SMILES string of the molecule is CC1(C)COC(C2(c3ccccc3)CCc3ccccc32)=N1. The van der Waals surface area contributed by atoms with Gasteiger partial charge < -0.3 is 4.74 Å². The van der Waals surface area contributed by atoms with Gasteiger partial charge in [0.25, 0.3) is 0 Å². The van der Waals surface area contributed by atoms with Gasteiger partial charge in [-0.2, -0.15) is 0 Å². The topological polar surface area (TPSA) is 21.6 Å². The molecule has 0 aromatic heterocycles. The lowest BCUT2D eigenvalue weighted by Gasteiger charge is -2.30. The Morgan fingerprint density at radius 2 is 1.68 bits per heavy atom. The Hall–Kier alpha value is -2.09. The molecule has 1 atom stereocenters. The van der Waals surface area contributed by atoms with Crippen LogP contribution in [0, 0.1) is 0 Å². The quantitative estimate of drug-likeness (QED) is 0.815. The fourth-order valence-corrected chi connectivity index (χ4v) is 3.78. The van der Waals surface area contributed by atoms with Gasteiger partial charge in [0.2, 0.25) is 0 Å². The molecule has 0 saturated carbocycles. The highest BCUT2D eigenvalue weighted by atomic mass is 16.5. The van der Waals surface area contributed by atoms with E-state index in [0.717, 1.165) is 18.7 Å². The highest BCUT2D eigenvalue weighted by molar-refractivity contribution is 5.94. The third-order valence-electron chi connectivity index (χ3n) is 4.84. The Morgan fingerprint density at radius 3 is 2.41 bits per heavy atom. The maximum absolute atomic E-state index is 6.12. The fourth-order valence-electron chi connectivity index (χ4n) is 3.78. The molecule has 2 heteroatoms. The van der Waals surface area contributed by atoms with Crippen LogP contribution >= 0.6 is 0 Å². The van der Waals surface area contributed by atoms with Crippen molar-refractivity contribution in [1.29, 1.82) is 0 Å². The molecule has 1 aliphatic carbocycles. The summed E-state index contributed by atoms with van der Waals surface area (Å²) in [7, 11) is 0. The van der Waals surface area contributed by atoms with Crippen LogP contribution in [0.5, 0.6) is 0 Å². The first-order valence-corrected chi connectivity index (χ1v) is 7.99. The highest BCUT2D eigenvalue weighted by Crippen LogP contribution is 2.47. The number of hydrogen-bond acceptors (Lipinski definition) is 2. The number of hydrogen-bond donors (Lipinski definition) is 0. The summed E-state index contributed by atoms with van der Waals surface area (Å²) in [6.07, 6.45) is 2.11. The van der Waals surface area contributed by atoms with Crippen LogP contribution in [-0.2, 0) is 16.6 Å². The number of fused-ring (bicyclic) bond motifs is 1. The summed E-state index contributed by atoms with van der Waals surface area (Å²) in [6.45, 7) is 4.94. The van der Waals surface area contributed by atoms with E-state index < -0.39 is 0 Å². The van der Waals surface area contributed by atoms with Crippen LogP contribution in [0.1, 0.15) is 37.0 Å². The van der Waals surface area contributed by atoms with Gasteiger partial charge in [-0.15, -0.1) is 0 Å². The molecular weight excluding hydrogens is 270 g/mol. The summed E-state index contributed by atoms with van der Waals surface area (Å²) in [4.78, 5) is 4.94. The minimum Gasteiger partial charge on any atom is -0.478 e. The van der Waals surface area contributed by atoms with Crippen molar-refractivity contribution in [2.75, 3.05) is 6.61 Å². The summed E-state index contributed by atoms with van der Waals surface area (Å²) in [5, 5.41) is 0. The van der Waals surface area contributed by atoms with Gasteiger partial charge in [0, 0.05) is 0 Å². The number of aliphatic imine (C=N–C) groups is 1. The largest absolute Gasteiger partial charge is 0.478 e. The van der Waals surface area contributed by atoms with Crippen LogP contribution in [0.25, 0.3) is 0 Å². The minimum absolute atomic E-state index is 0.130. The zero-order chi connectivity index (χ0) is 15.2. The van der Waals surface area contributed by atoms with Gasteiger partial charge in [-0.3, -0.25) is 0 Å². The molecule has 112 valence electrons. The molecule has 2 aromatic rings. The van der Waals surface area contributed by atoms with E-state index >= 15 is 0 Å². The summed E-state index contributed by atoms with van der Waals surface area (Å²) in [6, 6.07) is 19.4. The minimum atomic E-state index is -0.217. The van der Waals surface area contributed by atoms with Gasteiger partial charge in [0.1, 0.15) is 6.61 Å². The average molecular weight is 291 g/mol. The lowest BCUT2D eigenvalue weighted by atomic mass is 9.75. The average Bonchev–Trinajstić information content (AvgIpc) is 3.09. The van der Waals surface area contributed by atoms with E-state index in [-0.39, 0.29) is 11.0 Å². The van der Waals surface area contributed by atoms with E-state index in [9.17, 15) is 0 Å². The Labute approximate surface area is 131 Å². The van der Waals surface area contributed by atoms with E-state index in [1.165, 1.54) is 16.7 Å². The van der Waals surface area contributed by atoms with Crippen molar-refractivity contribution >= 4 is 5.90 Å². The number of nitrogens with zero attached hydrogens (tertiary/aromatic N) is 1. The van der Waals surface area contributed by atoms with Gasteiger partial charge >= 0.3 is 0 Å². The van der Waals surface area contributed by atoms with E-state index in [4.69, 9.17) is 9.73 Å². The Bertz CT molecular complexity index is 732. The molecule has 0 N–H and O–H groups in total. The molecular formula is C20H21NO. The third kappa shape index (κ3) is 1.90. The molecule has 1 unspecified atom stereocenters. The smallest absolute Gasteiger partial charge is 0.199 e. The second kappa shape index (κ2) is 4.70. The molecule has 1 aliphatic heterocycles. The van der Waals surface area contributed by atoms with E-state index in [0.29, 0.717) is 6.61 Å². The number of aryl methyl sites for hydroxylation is 1. The first-order chi connectivity index (χ1) is 10.6. The van der Waals surface area contributed by atoms with Crippen LogP contribution in [0.3, 0.4) is 0 Å². The lowest BCUT2D eigenvalue weighted by Crippen LogP contribution is -2.35. The zero-order valence-corrected chi connectivity index (χ0v) is 13.2. The van der Waals surface area contributed by atoms with Gasteiger partial charge in [-0.25, -0.2) is 4.99 Å². The summed E-state index contributed by atoms with van der Waals surface area (Å²) in [5.41, 5.74) is 3.72. The Morgan fingerprint density at radius 1 is 0.955 bits per heavy atom. The van der Waals surface area contributed by atoms with Gasteiger partial charge in [-0.05, 0) is 43.4 Å². The van der Waals surface area contributed by atoms with Crippen molar-refractivity contribution in [3.8, 4) is 0 Å².